The molecule has 1 amide bonds. The van der Waals surface area contributed by atoms with Crippen LogP contribution in [0.5, 0.6) is 0 Å². The number of benzene rings is 1. The third kappa shape index (κ3) is 3.32. The summed E-state index contributed by atoms with van der Waals surface area (Å²) < 4.78 is 0.609. The first-order valence-corrected chi connectivity index (χ1v) is 5.25. The summed E-state index contributed by atoms with van der Waals surface area (Å²) in [7, 11) is 0. The van der Waals surface area contributed by atoms with Crippen molar-refractivity contribution in [2.24, 2.45) is 0 Å². The van der Waals surface area contributed by atoms with E-state index in [0.717, 1.165) is 0 Å². The summed E-state index contributed by atoms with van der Waals surface area (Å²) >= 11 is 3.19. The quantitative estimate of drug-likeness (QED) is 0.758. The fraction of sp³-hybridized carbons (Fsp3) is 0.200. The molecule has 1 atom stereocenters. The summed E-state index contributed by atoms with van der Waals surface area (Å²) in [6.07, 6.45) is -1.59. The van der Waals surface area contributed by atoms with Crippen molar-refractivity contribution < 1.29 is 19.8 Å². The van der Waals surface area contributed by atoms with E-state index in [2.05, 4.69) is 21.2 Å². The van der Waals surface area contributed by atoms with E-state index in [1.807, 2.05) is 0 Å². The molecule has 0 aliphatic rings. The summed E-state index contributed by atoms with van der Waals surface area (Å²) in [4.78, 5) is 21.9. The molecule has 0 radical (unpaired) electrons. The van der Waals surface area contributed by atoms with Gasteiger partial charge in [0.15, 0.2) is 6.10 Å². The van der Waals surface area contributed by atoms with Gasteiger partial charge in [0.2, 0.25) is 0 Å². The molecule has 0 bridgehead atoms. The van der Waals surface area contributed by atoms with Gasteiger partial charge in [-0.05, 0) is 28.1 Å². The van der Waals surface area contributed by atoms with Gasteiger partial charge in [-0.3, -0.25) is 4.79 Å². The Morgan fingerprint density at radius 1 is 1.38 bits per heavy atom. The van der Waals surface area contributed by atoms with E-state index in [1.165, 1.54) is 0 Å². The lowest BCUT2D eigenvalue weighted by atomic mass is 10.2. The minimum Gasteiger partial charge on any atom is -0.479 e. The number of hydrogen-bond donors (Lipinski definition) is 3. The third-order valence-electron chi connectivity index (χ3n) is 1.86. The van der Waals surface area contributed by atoms with E-state index < -0.39 is 18.0 Å². The number of nitrogens with one attached hydrogen (secondary N) is 1. The van der Waals surface area contributed by atoms with Crippen molar-refractivity contribution in [2.75, 3.05) is 6.54 Å². The van der Waals surface area contributed by atoms with Crippen LogP contribution in [0.25, 0.3) is 0 Å². The van der Waals surface area contributed by atoms with Gasteiger partial charge in [-0.25, -0.2) is 4.79 Å². The van der Waals surface area contributed by atoms with Gasteiger partial charge in [0.25, 0.3) is 5.91 Å². The largest absolute Gasteiger partial charge is 0.479 e. The summed E-state index contributed by atoms with van der Waals surface area (Å²) in [5.74, 6) is -1.81. The van der Waals surface area contributed by atoms with E-state index in [4.69, 9.17) is 10.2 Å². The number of carbonyl (C=O) groups excluding carboxylic acids is 1. The van der Waals surface area contributed by atoms with Crippen molar-refractivity contribution in [2.45, 2.75) is 6.10 Å². The molecule has 0 saturated carbocycles. The lowest BCUT2D eigenvalue weighted by Crippen LogP contribution is -2.36. The van der Waals surface area contributed by atoms with Gasteiger partial charge in [0.1, 0.15) is 0 Å². The molecular weight excluding hydrogens is 278 g/mol. The van der Waals surface area contributed by atoms with E-state index in [9.17, 15) is 9.59 Å². The zero-order valence-corrected chi connectivity index (χ0v) is 9.77. The minimum absolute atomic E-state index is 0.324. The molecule has 1 rings (SSSR count). The third-order valence-corrected chi connectivity index (χ3v) is 2.55. The monoisotopic (exact) mass is 287 g/mol. The molecule has 1 aromatic carbocycles. The summed E-state index contributed by atoms with van der Waals surface area (Å²) in [6.45, 7) is -0.324. The van der Waals surface area contributed by atoms with Crippen LogP contribution in [0.1, 0.15) is 10.4 Å². The van der Waals surface area contributed by atoms with Crippen molar-refractivity contribution in [3.63, 3.8) is 0 Å². The standard InChI is InChI=1S/C10H10BrNO4/c11-7-4-2-1-3-6(7)9(14)12-5-8(13)10(15)16/h1-4,8,13H,5H2,(H,12,14)(H,15,16)/t8-/m0/s1. The average molecular weight is 288 g/mol. The molecular formula is C10H10BrNO4. The molecule has 5 nitrogen and oxygen atoms in total. The second-order valence-electron chi connectivity index (χ2n) is 3.04. The van der Waals surface area contributed by atoms with Gasteiger partial charge in [0, 0.05) is 4.47 Å². The van der Waals surface area contributed by atoms with Gasteiger partial charge < -0.3 is 15.5 Å². The summed E-state index contributed by atoms with van der Waals surface area (Å²) in [6, 6.07) is 6.73. The summed E-state index contributed by atoms with van der Waals surface area (Å²) in [5.41, 5.74) is 0.389. The molecule has 0 unspecified atom stereocenters. The Balaban J connectivity index is 2.60. The van der Waals surface area contributed by atoms with Gasteiger partial charge in [0.05, 0.1) is 12.1 Å². The normalized spacial score (nSPS) is 11.9. The number of halogens is 1. The van der Waals surface area contributed by atoms with E-state index in [-0.39, 0.29) is 6.54 Å². The predicted octanol–water partition coefficient (Wildman–Crippen LogP) is 0.624. The molecule has 1 aromatic rings. The Morgan fingerprint density at radius 3 is 2.56 bits per heavy atom. The zero-order chi connectivity index (χ0) is 12.1. The molecule has 0 heterocycles. The number of hydrogen-bond acceptors (Lipinski definition) is 3. The van der Waals surface area contributed by atoms with Crippen LogP contribution in [0.2, 0.25) is 0 Å². The highest BCUT2D eigenvalue weighted by Gasteiger charge is 2.15. The lowest BCUT2D eigenvalue weighted by Gasteiger charge is -2.08. The highest BCUT2D eigenvalue weighted by molar-refractivity contribution is 9.10. The number of amides is 1. The van der Waals surface area contributed by atoms with Gasteiger partial charge in [-0.2, -0.15) is 0 Å². The highest BCUT2D eigenvalue weighted by Crippen LogP contribution is 2.15. The number of rotatable bonds is 4. The molecule has 0 spiro atoms. The van der Waals surface area contributed by atoms with Gasteiger partial charge in [-0.1, -0.05) is 12.1 Å². The van der Waals surface area contributed by atoms with Gasteiger partial charge >= 0.3 is 5.97 Å². The van der Waals surface area contributed by atoms with Crippen molar-refractivity contribution in [3.05, 3.63) is 34.3 Å². The highest BCUT2D eigenvalue weighted by atomic mass is 79.9. The Kier molecular flexibility index (Phi) is 4.45. The number of carboxylic acids is 1. The van der Waals surface area contributed by atoms with Crippen LogP contribution in [0.15, 0.2) is 28.7 Å². The molecule has 0 aromatic heterocycles. The SMILES string of the molecule is O=C(NC[C@H](O)C(=O)O)c1ccccc1Br. The minimum atomic E-state index is -1.59. The molecule has 0 saturated heterocycles. The Morgan fingerprint density at radius 2 is 2.00 bits per heavy atom. The van der Waals surface area contributed by atoms with E-state index >= 15 is 0 Å². The zero-order valence-electron chi connectivity index (χ0n) is 8.18. The molecule has 6 heteroatoms. The number of aliphatic carboxylic acids is 1. The number of aliphatic hydroxyl groups is 1. The molecule has 0 aliphatic heterocycles. The van der Waals surface area contributed by atoms with E-state index in [0.29, 0.717) is 10.0 Å². The van der Waals surface area contributed by atoms with Crippen molar-refractivity contribution in [1.82, 2.24) is 5.32 Å². The maximum absolute atomic E-state index is 11.5. The van der Waals surface area contributed by atoms with Crippen LogP contribution in [-0.4, -0.2) is 34.7 Å². The van der Waals surface area contributed by atoms with Crippen LogP contribution >= 0.6 is 15.9 Å². The molecule has 0 aliphatic carbocycles. The Hall–Kier alpha value is -1.40. The maximum atomic E-state index is 11.5. The van der Waals surface area contributed by atoms with Crippen LogP contribution in [0.4, 0.5) is 0 Å². The van der Waals surface area contributed by atoms with Crippen molar-refractivity contribution in [3.8, 4) is 0 Å². The number of aliphatic hydroxyl groups excluding tert-OH is 1. The van der Waals surface area contributed by atoms with Crippen LogP contribution in [-0.2, 0) is 4.79 Å². The van der Waals surface area contributed by atoms with Crippen LogP contribution in [0.3, 0.4) is 0 Å². The van der Waals surface area contributed by atoms with E-state index in [1.54, 1.807) is 24.3 Å². The molecule has 16 heavy (non-hydrogen) atoms. The average Bonchev–Trinajstić information content (AvgIpc) is 2.25. The maximum Gasteiger partial charge on any atom is 0.334 e. The fourth-order valence-corrected chi connectivity index (χ4v) is 1.48. The van der Waals surface area contributed by atoms with Crippen LogP contribution in [0, 0.1) is 0 Å². The lowest BCUT2D eigenvalue weighted by molar-refractivity contribution is -0.146. The number of carbonyl (C=O) groups is 2. The van der Waals surface area contributed by atoms with Crippen LogP contribution < -0.4 is 5.32 Å². The van der Waals surface area contributed by atoms with Crippen molar-refractivity contribution >= 4 is 27.8 Å². The first-order valence-electron chi connectivity index (χ1n) is 4.46. The first kappa shape index (κ1) is 12.7. The van der Waals surface area contributed by atoms with Crippen molar-refractivity contribution in [1.29, 1.82) is 0 Å². The number of carboxylic acid groups (broad SMARTS) is 1. The second-order valence-corrected chi connectivity index (χ2v) is 3.90. The molecule has 86 valence electrons. The van der Waals surface area contributed by atoms with Gasteiger partial charge in [-0.15, -0.1) is 0 Å². The Labute approximate surface area is 100 Å². The topological polar surface area (TPSA) is 86.6 Å². The summed E-state index contributed by atoms with van der Waals surface area (Å²) in [5, 5.41) is 19.7. The fourth-order valence-electron chi connectivity index (χ4n) is 1.02. The molecule has 0 fully saturated rings. The first-order chi connectivity index (χ1) is 7.52. The Bertz CT molecular complexity index is 408. The predicted molar refractivity (Wildman–Crippen MR) is 60.1 cm³/mol. The smallest absolute Gasteiger partial charge is 0.334 e. The molecule has 3 N–H and O–H groups in total. The second kappa shape index (κ2) is 5.62.